The minimum absolute atomic E-state index is 0.0569. The monoisotopic (exact) mass is 463 g/mol. The number of carbonyl (C=O) groups is 2. The molecule has 1 heterocycles. The predicted octanol–water partition coefficient (Wildman–Crippen LogP) is 5.35. The van der Waals surface area contributed by atoms with Gasteiger partial charge in [-0.1, -0.05) is 36.0 Å². The molecular formula is C21H19F2N3O3S2. The van der Waals surface area contributed by atoms with Gasteiger partial charge >= 0.3 is 12.0 Å². The highest BCUT2D eigenvalue weighted by Gasteiger charge is 2.22. The highest BCUT2D eigenvalue weighted by molar-refractivity contribution is 7.98. The van der Waals surface area contributed by atoms with E-state index in [1.165, 1.54) is 23.4 Å². The van der Waals surface area contributed by atoms with Crippen LogP contribution < -0.4 is 10.6 Å². The van der Waals surface area contributed by atoms with Gasteiger partial charge in [0.15, 0.2) is 11.6 Å². The standard InChI is InChI=1S/C21H19F2N3O3S2/c1-11-3-4-14(7-12(11)2)10-30-19-17(20(27)28)18(31-26-19)25-21(29)24-9-13-5-6-15(22)16(23)8-13/h3-8H,9-10H2,1-2H3,(H,27,28)(H2,24,25,29). The Kier molecular flexibility index (Phi) is 7.24. The molecule has 2 aromatic carbocycles. The molecule has 0 aliphatic rings. The van der Waals surface area contributed by atoms with Gasteiger partial charge in [0.25, 0.3) is 0 Å². The van der Waals surface area contributed by atoms with Crippen LogP contribution in [0.2, 0.25) is 0 Å². The van der Waals surface area contributed by atoms with E-state index in [2.05, 4.69) is 15.0 Å². The van der Waals surface area contributed by atoms with Crippen LogP contribution in [0.1, 0.15) is 32.6 Å². The van der Waals surface area contributed by atoms with Crippen molar-refractivity contribution in [1.82, 2.24) is 9.69 Å². The van der Waals surface area contributed by atoms with Gasteiger partial charge in [0.2, 0.25) is 0 Å². The van der Waals surface area contributed by atoms with E-state index in [0.717, 1.165) is 34.8 Å². The summed E-state index contributed by atoms with van der Waals surface area (Å²) < 4.78 is 30.4. The Balaban J connectivity index is 1.65. The zero-order valence-corrected chi connectivity index (χ0v) is 18.3. The van der Waals surface area contributed by atoms with Gasteiger partial charge in [0.1, 0.15) is 15.6 Å². The highest BCUT2D eigenvalue weighted by Crippen LogP contribution is 2.33. The lowest BCUT2D eigenvalue weighted by Crippen LogP contribution is -2.28. The van der Waals surface area contributed by atoms with Crippen molar-refractivity contribution < 1.29 is 23.5 Å². The van der Waals surface area contributed by atoms with Crippen LogP contribution >= 0.6 is 23.3 Å². The number of rotatable bonds is 7. The average molecular weight is 464 g/mol. The maximum absolute atomic E-state index is 13.3. The van der Waals surface area contributed by atoms with Crippen LogP contribution in [0.25, 0.3) is 0 Å². The lowest BCUT2D eigenvalue weighted by atomic mass is 10.1. The van der Waals surface area contributed by atoms with E-state index in [9.17, 15) is 23.5 Å². The van der Waals surface area contributed by atoms with E-state index < -0.39 is 23.6 Å². The molecule has 0 atom stereocenters. The zero-order chi connectivity index (χ0) is 22.5. The number of anilines is 1. The quantitative estimate of drug-likeness (QED) is 0.411. The van der Waals surface area contributed by atoms with E-state index in [0.29, 0.717) is 16.3 Å². The molecule has 3 rings (SSSR count). The summed E-state index contributed by atoms with van der Waals surface area (Å²) in [6, 6.07) is 8.64. The van der Waals surface area contributed by atoms with Gasteiger partial charge in [-0.3, -0.25) is 5.32 Å². The highest BCUT2D eigenvalue weighted by atomic mass is 32.2. The number of nitrogens with one attached hydrogen (secondary N) is 2. The lowest BCUT2D eigenvalue weighted by molar-refractivity contribution is 0.0694. The number of carbonyl (C=O) groups excluding carboxylic acids is 1. The molecule has 3 aromatic rings. The largest absolute Gasteiger partial charge is 0.477 e. The maximum atomic E-state index is 13.3. The molecule has 1 aromatic heterocycles. The number of urea groups is 1. The van der Waals surface area contributed by atoms with Gasteiger partial charge in [-0.05, 0) is 59.8 Å². The van der Waals surface area contributed by atoms with Crippen molar-refractivity contribution in [3.63, 3.8) is 0 Å². The number of carboxylic acid groups (broad SMARTS) is 1. The molecule has 0 aliphatic heterocycles. The first-order valence-electron chi connectivity index (χ1n) is 9.15. The molecule has 0 bridgehead atoms. The Bertz CT molecular complexity index is 1140. The molecule has 10 heteroatoms. The molecule has 6 nitrogen and oxygen atoms in total. The summed E-state index contributed by atoms with van der Waals surface area (Å²) in [5.74, 6) is -2.66. The summed E-state index contributed by atoms with van der Waals surface area (Å²) in [5, 5.41) is 14.9. The van der Waals surface area contributed by atoms with Crippen molar-refractivity contribution in [3.8, 4) is 0 Å². The molecule has 0 fully saturated rings. The third-order valence-corrected chi connectivity index (χ3v) is 6.41. The molecule has 3 N–H and O–H groups in total. The van der Waals surface area contributed by atoms with E-state index in [1.54, 1.807) is 0 Å². The van der Waals surface area contributed by atoms with Crippen LogP contribution in [0.15, 0.2) is 41.4 Å². The summed E-state index contributed by atoms with van der Waals surface area (Å²) in [7, 11) is 0. The fourth-order valence-corrected chi connectivity index (χ4v) is 4.56. The lowest BCUT2D eigenvalue weighted by Gasteiger charge is -2.08. The van der Waals surface area contributed by atoms with Gasteiger partial charge in [-0.2, -0.15) is 4.37 Å². The first-order chi connectivity index (χ1) is 14.7. The number of amides is 2. The number of aryl methyl sites for hydroxylation is 2. The Labute approximate surface area is 185 Å². The third-order valence-electron chi connectivity index (χ3n) is 4.49. The molecule has 2 amide bonds. The second-order valence-corrected chi connectivity index (χ2v) is 8.50. The summed E-state index contributed by atoms with van der Waals surface area (Å²) in [6.45, 7) is 3.97. The van der Waals surface area contributed by atoms with Crippen LogP contribution in [0, 0.1) is 25.5 Å². The summed E-state index contributed by atoms with van der Waals surface area (Å²) in [5.41, 5.74) is 3.64. The average Bonchev–Trinajstić information content (AvgIpc) is 3.12. The topological polar surface area (TPSA) is 91.3 Å². The van der Waals surface area contributed by atoms with Crippen LogP contribution in [0.4, 0.5) is 18.6 Å². The molecule has 162 valence electrons. The van der Waals surface area contributed by atoms with Crippen molar-refractivity contribution in [2.45, 2.75) is 31.2 Å². The first-order valence-corrected chi connectivity index (χ1v) is 10.9. The van der Waals surface area contributed by atoms with Gasteiger partial charge < -0.3 is 10.4 Å². The zero-order valence-electron chi connectivity index (χ0n) is 16.7. The van der Waals surface area contributed by atoms with Gasteiger partial charge in [-0.15, -0.1) is 0 Å². The van der Waals surface area contributed by atoms with E-state index in [4.69, 9.17) is 0 Å². The van der Waals surface area contributed by atoms with E-state index >= 15 is 0 Å². The Morgan fingerprint density at radius 1 is 1.06 bits per heavy atom. The fraction of sp³-hybridized carbons (Fsp3) is 0.190. The fourth-order valence-electron chi connectivity index (χ4n) is 2.67. The summed E-state index contributed by atoms with van der Waals surface area (Å²) >= 11 is 2.14. The van der Waals surface area contributed by atoms with Gasteiger partial charge in [-0.25, -0.2) is 18.4 Å². The molecule has 0 radical (unpaired) electrons. The van der Waals surface area contributed by atoms with Crippen LogP contribution in [0.3, 0.4) is 0 Å². The van der Waals surface area contributed by atoms with Crippen molar-refractivity contribution in [2.75, 3.05) is 5.32 Å². The minimum atomic E-state index is -1.20. The Hall–Kier alpha value is -2.98. The maximum Gasteiger partial charge on any atom is 0.341 e. The second kappa shape index (κ2) is 9.88. The minimum Gasteiger partial charge on any atom is -0.477 e. The molecule has 0 saturated heterocycles. The predicted molar refractivity (Wildman–Crippen MR) is 117 cm³/mol. The van der Waals surface area contributed by atoms with E-state index in [1.807, 2.05) is 32.0 Å². The summed E-state index contributed by atoms with van der Waals surface area (Å²) in [4.78, 5) is 23.9. The van der Waals surface area contributed by atoms with Crippen LogP contribution in [-0.2, 0) is 12.3 Å². The smallest absolute Gasteiger partial charge is 0.341 e. The molecular weight excluding hydrogens is 444 g/mol. The Morgan fingerprint density at radius 3 is 2.48 bits per heavy atom. The molecule has 0 spiro atoms. The van der Waals surface area contributed by atoms with Crippen LogP contribution in [0.5, 0.6) is 0 Å². The van der Waals surface area contributed by atoms with Crippen molar-refractivity contribution in [3.05, 3.63) is 75.8 Å². The van der Waals surface area contributed by atoms with Gasteiger partial charge in [0, 0.05) is 12.3 Å². The van der Waals surface area contributed by atoms with Gasteiger partial charge in [0.05, 0.1) is 0 Å². The number of carboxylic acids is 1. The van der Waals surface area contributed by atoms with Crippen molar-refractivity contribution in [1.29, 1.82) is 0 Å². The molecule has 0 saturated carbocycles. The number of hydrogen-bond donors (Lipinski definition) is 3. The molecule has 0 unspecified atom stereocenters. The summed E-state index contributed by atoms with van der Waals surface area (Å²) in [6.07, 6.45) is 0. The number of aromatic carboxylic acids is 1. The first kappa shape index (κ1) is 22.7. The number of halogens is 2. The van der Waals surface area contributed by atoms with Crippen molar-refractivity contribution >= 4 is 40.3 Å². The normalized spacial score (nSPS) is 10.7. The van der Waals surface area contributed by atoms with Crippen molar-refractivity contribution in [2.24, 2.45) is 0 Å². The molecule has 31 heavy (non-hydrogen) atoms. The van der Waals surface area contributed by atoms with E-state index in [-0.39, 0.29) is 17.1 Å². The second-order valence-electron chi connectivity index (χ2n) is 6.76. The SMILES string of the molecule is Cc1ccc(CSc2nsc(NC(=O)NCc3ccc(F)c(F)c3)c2C(=O)O)cc1C. The number of benzene rings is 2. The number of thioether (sulfide) groups is 1. The Morgan fingerprint density at radius 2 is 1.81 bits per heavy atom. The number of hydrogen-bond acceptors (Lipinski definition) is 5. The van der Waals surface area contributed by atoms with Crippen LogP contribution in [-0.4, -0.2) is 21.5 Å². The number of nitrogens with zero attached hydrogens (tertiary/aromatic N) is 1. The third kappa shape index (κ3) is 5.80. The molecule has 0 aliphatic carbocycles. The number of aromatic nitrogens is 1.